The van der Waals surface area contributed by atoms with Crippen LogP contribution in [0.3, 0.4) is 0 Å². The van der Waals surface area contributed by atoms with E-state index >= 15 is 0 Å². The van der Waals surface area contributed by atoms with Gasteiger partial charge in [-0.1, -0.05) is 50.4 Å². The molecule has 150 valence electrons. The molecule has 4 aliphatic rings. The second-order valence-electron chi connectivity index (χ2n) is 10.6. The van der Waals surface area contributed by atoms with Crippen LogP contribution in [0, 0.1) is 34.5 Å². The first-order chi connectivity index (χ1) is 13.4. The summed E-state index contributed by atoms with van der Waals surface area (Å²) in [5.41, 5.74) is 2.58. The van der Waals surface area contributed by atoms with Gasteiger partial charge in [0.25, 0.3) is 0 Å². The Kier molecular flexibility index (Phi) is 4.54. The Morgan fingerprint density at radius 2 is 1.75 bits per heavy atom. The van der Waals surface area contributed by atoms with Crippen LogP contribution >= 0.6 is 11.6 Å². The molecule has 1 aromatic carbocycles. The van der Waals surface area contributed by atoms with Crippen LogP contribution in [0.15, 0.2) is 29.8 Å². The standard InChI is InChI=1S/C26H33ClO/c1-25-13-4-3-5-19(25)8-11-21-22(25)12-14-26(2)23(21)16-18(24(26)28)15-17-6-9-20(27)10-7-17/h6-7,9-10,15,19,21-23H,3-5,8,11-14,16H2,1-2H3/b18-15+/t19-,21-,22+,23-,25-,26-/m1/s1. The van der Waals surface area contributed by atoms with Gasteiger partial charge in [-0.15, -0.1) is 0 Å². The summed E-state index contributed by atoms with van der Waals surface area (Å²) in [6, 6.07) is 7.90. The molecule has 0 N–H and O–H groups in total. The average molecular weight is 397 g/mol. The number of fused-ring (bicyclic) bond motifs is 5. The third-order valence-electron chi connectivity index (χ3n) is 9.43. The largest absolute Gasteiger partial charge is 0.294 e. The van der Waals surface area contributed by atoms with E-state index in [0.717, 1.165) is 46.8 Å². The van der Waals surface area contributed by atoms with E-state index in [1.807, 2.05) is 24.3 Å². The number of ketones is 1. The smallest absolute Gasteiger partial charge is 0.165 e. The van der Waals surface area contributed by atoms with Crippen molar-refractivity contribution < 1.29 is 4.79 Å². The maximum absolute atomic E-state index is 13.5. The lowest BCUT2D eigenvalue weighted by atomic mass is 9.45. The molecule has 0 radical (unpaired) electrons. The number of Topliss-reactive ketones (excluding diaryl/α,β-unsaturated/α-hetero) is 1. The summed E-state index contributed by atoms with van der Waals surface area (Å²) in [6.45, 7) is 4.89. The van der Waals surface area contributed by atoms with Crippen molar-refractivity contribution in [3.8, 4) is 0 Å². The average Bonchev–Trinajstić information content (AvgIpc) is 2.94. The molecule has 0 bridgehead atoms. The monoisotopic (exact) mass is 396 g/mol. The van der Waals surface area contributed by atoms with E-state index in [0.29, 0.717) is 17.1 Å². The quantitative estimate of drug-likeness (QED) is 0.454. The highest BCUT2D eigenvalue weighted by molar-refractivity contribution is 6.30. The Morgan fingerprint density at radius 3 is 2.54 bits per heavy atom. The van der Waals surface area contributed by atoms with E-state index < -0.39 is 0 Å². The van der Waals surface area contributed by atoms with Gasteiger partial charge in [0.05, 0.1) is 0 Å². The van der Waals surface area contributed by atoms with Crippen molar-refractivity contribution in [2.45, 2.75) is 71.6 Å². The molecule has 4 fully saturated rings. The maximum Gasteiger partial charge on any atom is 0.165 e. The minimum absolute atomic E-state index is 0.128. The van der Waals surface area contributed by atoms with Gasteiger partial charge in [-0.3, -0.25) is 4.79 Å². The fourth-order valence-corrected chi connectivity index (χ4v) is 7.98. The topological polar surface area (TPSA) is 17.1 Å². The van der Waals surface area contributed by atoms with Gasteiger partial charge in [-0.05, 0) is 103 Å². The van der Waals surface area contributed by atoms with E-state index in [9.17, 15) is 4.79 Å². The van der Waals surface area contributed by atoms with Crippen molar-refractivity contribution in [2.24, 2.45) is 34.5 Å². The molecular weight excluding hydrogens is 364 g/mol. The van der Waals surface area contributed by atoms with Crippen LogP contribution in [0.4, 0.5) is 0 Å². The van der Waals surface area contributed by atoms with Crippen LogP contribution < -0.4 is 0 Å². The molecular formula is C26H33ClO. The lowest BCUT2D eigenvalue weighted by Gasteiger charge is -2.59. The molecule has 0 aliphatic heterocycles. The third kappa shape index (κ3) is 2.76. The van der Waals surface area contributed by atoms with Gasteiger partial charge in [-0.25, -0.2) is 0 Å². The number of allylic oxidation sites excluding steroid dienone is 1. The molecule has 0 heterocycles. The molecule has 4 saturated carbocycles. The number of rotatable bonds is 1. The molecule has 2 heteroatoms. The first-order valence-electron chi connectivity index (χ1n) is 11.4. The van der Waals surface area contributed by atoms with Gasteiger partial charge in [0.15, 0.2) is 5.78 Å². The second-order valence-corrected chi connectivity index (χ2v) is 11.0. The molecule has 0 aromatic heterocycles. The Morgan fingerprint density at radius 1 is 0.964 bits per heavy atom. The first kappa shape index (κ1) is 18.9. The van der Waals surface area contributed by atoms with Gasteiger partial charge in [0.1, 0.15) is 0 Å². The van der Waals surface area contributed by atoms with E-state index in [1.54, 1.807) is 0 Å². The molecule has 1 nitrogen and oxygen atoms in total. The number of hydrogen-bond acceptors (Lipinski definition) is 1. The van der Waals surface area contributed by atoms with Crippen molar-refractivity contribution in [3.63, 3.8) is 0 Å². The van der Waals surface area contributed by atoms with Crippen LogP contribution in [0.5, 0.6) is 0 Å². The lowest BCUT2D eigenvalue weighted by Crippen LogP contribution is -2.52. The molecule has 0 saturated heterocycles. The van der Waals surface area contributed by atoms with Crippen LogP contribution in [0.1, 0.15) is 77.2 Å². The van der Waals surface area contributed by atoms with Crippen LogP contribution in [-0.2, 0) is 4.79 Å². The van der Waals surface area contributed by atoms with Gasteiger partial charge in [0.2, 0.25) is 0 Å². The fraction of sp³-hybridized carbons (Fsp3) is 0.654. The van der Waals surface area contributed by atoms with Gasteiger partial charge in [-0.2, -0.15) is 0 Å². The summed E-state index contributed by atoms with van der Waals surface area (Å²) in [5, 5.41) is 0.751. The van der Waals surface area contributed by atoms with E-state index in [-0.39, 0.29) is 5.41 Å². The van der Waals surface area contributed by atoms with Gasteiger partial charge in [0, 0.05) is 10.4 Å². The molecule has 0 unspecified atom stereocenters. The minimum Gasteiger partial charge on any atom is -0.294 e. The number of hydrogen-bond donors (Lipinski definition) is 0. The SMILES string of the molecule is C[C@@]12CCCC[C@@H]1CC[C@H]1[C@H]3C/C(=C\c4ccc(Cl)cc4)C(=O)[C@]3(C)CC[C@@H]12. The fourth-order valence-electron chi connectivity index (χ4n) is 7.85. The zero-order valence-corrected chi connectivity index (χ0v) is 18.1. The summed E-state index contributed by atoms with van der Waals surface area (Å²) >= 11 is 6.04. The number of carbonyl (C=O) groups excluding carboxylic acids is 1. The zero-order chi connectivity index (χ0) is 19.5. The zero-order valence-electron chi connectivity index (χ0n) is 17.3. The summed E-state index contributed by atoms with van der Waals surface area (Å²) in [5.74, 6) is 3.51. The third-order valence-corrected chi connectivity index (χ3v) is 9.69. The van der Waals surface area contributed by atoms with Gasteiger partial charge < -0.3 is 0 Å². The van der Waals surface area contributed by atoms with Crippen molar-refractivity contribution in [3.05, 3.63) is 40.4 Å². The van der Waals surface area contributed by atoms with Crippen molar-refractivity contribution in [1.29, 1.82) is 0 Å². The predicted molar refractivity (Wildman–Crippen MR) is 116 cm³/mol. The van der Waals surface area contributed by atoms with Crippen LogP contribution in [0.2, 0.25) is 5.02 Å². The highest BCUT2D eigenvalue weighted by atomic mass is 35.5. The summed E-state index contributed by atoms with van der Waals surface area (Å²) in [6.07, 6.45) is 14.0. The van der Waals surface area contributed by atoms with Crippen LogP contribution in [0.25, 0.3) is 6.08 Å². The molecule has 1 aromatic rings. The van der Waals surface area contributed by atoms with Crippen molar-refractivity contribution in [2.75, 3.05) is 0 Å². The lowest BCUT2D eigenvalue weighted by molar-refractivity contribution is -0.137. The van der Waals surface area contributed by atoms with Gasteiger partial charge >= 0.3 is 0 Å². The molecule has 4 aliphatic carbocycles. The van der Waals surface area contributed by atoms with E-state index in [1.165, 1.54) is 44.9 Å². The van der Waals surface area contributed by atoms with E-state index in [2.05, 4.69) is 19.9 Å². The second kappa shape index (κ2) is 6.73. The number of carbonyl (C=O) groups is 1. The Hall–Kier alpha value is -1.08. The summed E-state index contributed by atoms with van der Waals surface area (Å²) in [7, 11) is 0. The first-order valence-corrected chi connectivity index (χ1v) is 11.8. The molecule has 6 atom stereocenters. The number of benzene rings is 1. The summed E-state index contributed by atoms with van der Waals surface area (Å²) in [4.78, 5) is 13.5. The molecule has 28 heavy (non-hydrogen) atoms. The molecule has 5 rings (SSSR count). The number of halogens is 1. The maximum atomic E-state index is 13.5. The molecule has 0 amide bonds. The van der Waals surface area contributed by atoms with Crippen LogP contribution in [-0.4, -0.2) is 5.78 Å². The highest BCUT2D eigenvalue weighted by Crippen LogP contribution is 2.66. The molecule has 0 spiro atoms. The predicted octanol–water partition coefficient (Wildman–Crippen LogP) is 7.34. The van der Waals surface area contributed by atoms with Crippen molar-refractivity contribution in [1.82, 2.24) is 0 Å². The Bertz CT molecular complexity index is 808. The Labute approximate surface area is 174 Å². The normalized spacial score (nSPS) is 44.1. The highest BCUT2D eigenvalue weighted by Gasteiger charge is 2.60. The Balaban J connectivity index is 1.45. The van der Waals surface area contributed by atoms with Crippen molar-refractivity contribution >= 4 is 23.5 Å². The minimum atomic E-state index is -0.128. The summed E-state index contributed by atoms with van der Waals surface area (Å²) < 4.78 is 0. The van der Waals surface area contributed by atoms with E-state index in [4.69, 9.17) is 11.6 Å².